The number of anilines is 1. The molecule has 2 aromatic carbocycles. The van der Waals surface area contributed by atoms with Crippen molar-refractivity contribution >= 4 is 17.7 Å². The number of nitrogens with one attached hydrogen (secondary N) is 2. The average Bonchev–Trinajstić information content (AvgIpc) is 2.73. The van der Waals surface area contributed by atoms with Gasteiger partial charge in [-0.2, -0.15) is 0 Å². The molecule has 2 amide bonds. The normalized spacial score (nSPS) is 14.4. The van der Waals surface area contributed by atoms with E-state index in [9.17, 15) is 9.59 Å². The lowest BCUT2D eigenvalue weighted by Crippen LogP contribution is -2.47. The molecule has 7 heteroatoms. The van der Waals surface area contributed by atoms with Crippen LogP contribution in [0.3, 0.4) is 0 Å². The molecular weight excluding hydrogens is 358 g/mol. The number of methoxy groups -OCH3 is 1. The van der Waals surface area contributed by atoms with Gasteiger partial charge in [-0.3, -0.25) is 0 Å². The molecule has 0 radical (unpaired) electrons. The Morgan fingerprint density at radius 3 is 2.43 bits per heavy atom. The number of piperidine rings is 1. The number of rotatable bonds is 6. The van der Waals surface area contributed by atoms with E-state index in [2.05, 4.69) is 21.6 Å². The fourth-order valence-corrected chi connectivity index (χ4v) is 3.34. The number of aromatic carboxylic acids is 1. The van der Waals surface area contributed by atoms with E-state index in [1.54, 1.807) is 19.2 Å². The molecule has 3 rings (SSSR count). The van der Waals surface area contributed by atoms with E-state index in [0.29, 0.717) is 6.54 Å². The minimum Gasteiger partial charge on any atom is -0.495 e. The van der Waals surface area contributed by atoms with Crippen LogP contribution in [0.25, 0.3) is 0 Å². The Balaban J connectivity index is 1.44. The molecule has 1 aliphatic rings. The number of carbonyl (C=O) groups excluding carboxylic acids is 1. The van der Waals surface area contributed by atoms with Crippen molar-refractivity contribution in [3.05, 3.63) is 59.7 Å². The van der Waals surface area contributed by atoms with Crippen molar-refractivity contribution in [3.63, 3.8) is 0 Å². The summed E-state index contributed by atoms with van der Waals surface area (Å²) in [5.74, 6) is -0.0997. The van der Waals surface area contributed by atoms with Crippen LogP contribution in [0.5, 0.6) is 5.75 Å². The first-order valence-electron chi connectivity index (χ1n) is 9.31. The molecule has 0 unspecified atom stereocenters. The molecule has 7 nitrogen and oxygen atoms in total. The Morgan fingerprint density at radius 2 is 1.79 bits per heavy atom. The van der Waals surface area contributed by atoms with Gasteiger partial charge in [0.05, 0.1) is 18.4 Å². The Kier molecular flexibility index (Phi) is 6.37. The third kappa shape index (κ3) is 4.94. The van der Waals surface area contributed by atoms with Crippen LogP contribution in [0.15, 0.2) is 48.5 Å². The van der Waals surface area contributed by atoms with E-state index in [1.807, 2.05) is 18.2 Å². The van der Waals surface area contributed by atoms with Crippen molar-refractivity contribution in [2.75, 3.05) is 25.1 Å². The first-order valence-corrected chi connectivity index (χ1v) is 9.31. The van der Waals surface area contributed by atoms with Gasteiger partial charge in [0, 0.05) is 25.7 Å². The molecule has 0 bridgehead atoms. The molecule has 1 heterocycles. The number of carbonyl (C=O) groups is 2. The molecule has 1 aliphatic heterocycles. The van der Waals surface area contributed by atoms with E-state index < -0.39 is 5.97 Å². The summed E-state index contributed by atoms with van der Waals surface area (Å²) in [5.41, 5.74) is 2.17. The molecule has 0 spiro atoms. The summed E-state index contributed by atoms with van der Waals surface area (Å²) in [7, 11) is 1.67. The summed E-state index contributed by atoms with van der Waals surface area (Å²) in [6.07, 6.45) is 1.72. The number of benzene rings is 2. The van der Waals surface area contributed by atoms with Crippen LogP contribution in [0.2, 0.25) is 0 Å². The van der Waals surface area contributed by atoms with E-state index >= 15 is 0 Å². The summed E-state index contributed by atoms with van der Waals surface area (Å²) in [4.78, 5) is 25.3. The summed E-state index contributed by atoms with van der Waals surface area (Å²) < 4.78 is 5.43. The second kappa shape index (κ2) is 9.12. The van der Waals surface area contributed by atoms with Gasteiger partial charge in [0.15, 0.2) is 0 Å². The lowest BCUT2D eigenvalue weighted by atomic mass is 10.0. The summed E-state index contributed by atoms with van der Waals surface area (Å²) >= 11 is 0. The molecule has 1 fully saturated rings. The van der Waals surface area contributed by atoms with Gasteiger partial charge in [0.25, 0.3) is 0 Å². The third-order valence-electron chi connectivity index (χ3n) is 4.91. The van der Waals surface area contributed by atoms with Gasteiger partial charge in [0.2, 0.25) is 0 Å². The Bertz CT molecular complexity index is 815. The largest absolute Gasteiger partial charge is 0.495 e. The van der Waals surface area contributed by atoms with Crippen LogP contribution in [-0.4, -0.2) is 43.3 Å². The standard InChI is InChI=1S/C21H25N3O4/c1-28-19-5-3-2-4-18(19)24-12-10-17(11-13-24)23-21(27)22-14-15-6-8-16(9-7-15)20(25)26/h2-9,17H,10-14H2,1H3,(H,25,26)(H2,22,23,27). The van der Waals surface area contributed by atoms with Crippen LogP contribution >= 0.6 is 0 Å². The molecule has 0 saturated carbocycles. The molecule has 2 aromatic rings. The van der Waals surface area contributed by atoms with Gasteiger partial charge in [-0.05, 0) is 42.7 Å². The number of hydrogen-bond donors (Lipinski definition) is 3. The monoisotopic (exact) mass is 383 g/mol. The highest BCUT2D eigenvalue weighted by Gasteiger charge is 2.22. The Morgan fingerprint density at radius 1 is 1.11 bits per heavy atom. The second-order valence-electron chi connectivity index (χ2n) is 6.76. The zero-order valence-corrected chi connectivity index (χ0v) is 15.9. The number of urea groups is 1. The quantitative estimate of drug-likeness (QED) is 0.714. The molecule has 0 aliphatic carbocycles. The smallest absolute Gasteiger partial charge is 0.335 e. The molecule has 0 atom stereocenters. The lowest BCUT2D eigenvalue weighted by molar-refractivity contribution is 0.0697. The zero-order chi connectivity index (χ0) is 19.9. The lowest BCUT2D eigenvalue weighted by Gasteiger charge is -2.34. The van der Waals surface area contributed by atoms with E-state index in [4.69, 9.17) is 9.84 Å². The zero-order valence-electron chi connectivity index (χ0n) is 15.9. The van der Waals surface area contributed by atoms with Crippen LogP contribution in [-0.2, 0) is 6.54 Å². The maximum Gasteiger partial charge on any atom is 0.335 e. The van der Waals surface area contributed by atoms with Crippen molar-refractivity contribution in [1.29, 1.82) is 0 Å². The number of para-hydroxylation sites is 2. The highest BCUT2D eigenvalue weighted by molar-refractivity contribution is 5.87. The van der Waals surface area contributed by atoms with E-state index in [-0.39, 0.29) is 17.6 Å². The highest BCUT2D eigenvalue weighted by Crippen LogP contribution is 2.29. The first kappa shape index (κ1) is 19.5. The average molecular weight is 383 g/mol. The molecule has 1 saturated heterocycles. The summed E-state index contributed by atoms with van der Waals surface area (Å²) in [6, 6.07) is 14.3. The highest BCUT2D eigenvalue weighted by atomic mass is 16.5. The summed E-state index contributed by atoms with van der Waals surface area (Å²) in [6.45, 7) is 2.05. The fraction of sp³-hybridized carbons (Fsp3) is 0.333. The molecule has 0 aromatic heterocycles. The minimum absolute atomic E-state index is 0.125. The van der Waals surface area contributed by atoms with Crippen LogP contribution < -0.4 is 20.3 Å². The number of ether oxygens (including phenoxy) is 1. The third-order valence-corrected chi connectivity index (χ3v) is 4.91. The predicted molar refractivity (Wildman–Crippen MR) is 107 cm³/mol. The fourth-order valence-electron chi connectivity index (χ4n) is 3.34. The van der Waals surface area contributed by atoms with Crippen LogP contribution in [0.1, 0.15) is 28.8 Å². The minimum atomic E-state index is -0.961. The Labute approximate surface area is 164 Å². The number of nitrogens with zero attached hydrogens (tertiary/aromatic N) is 1. The van der Waals surface area contributed by atoms with Crippen molar-refractivity contribution in [1.82, 2.24) is 10.6 Å². The first-order chi connectivity index (χ1) is 13.6. The molecule has 148 valence electrons. The maximum absolute atomic E-state index is 12.2. The van der Waals surface area contributed by atoms with Gasteiger partial charge in [-0.1, -0.05) is 24.3 Å². The summed E-state index contributed by atoms with van der Waals surface area (Å²) in [5, 5.41) is 14.7. The SMILES string of the molecule is COc1ccccc1N1CCC(NC(=O)NCc2ccc(C(=O)O)cc2)CC1. The number of hydrogen-bond acceptors (Lipinski definition) is 4. The van der Waals surface area contributed by atoms with Gasteiger partial charge in [0.1, 0.15) is 5.75 Å². The number of carboxylic acids is 1. The molecular formula is C21H25N3O4. The van der Waals surface area contributed by atoms with Crippen molar-refractivity contribution in [3.8, 4) is 5.75 Å². The van der Waals surface area contributed by atoms with Crippen molar-refractivity contribution < 1.29 is 19.4 Å². The van der Waals surface area contributed by atoms with Crippen molar-refractivity contribution in [2.24, 2.45) is 0 Å². The van der Waals surface area contributed by atoms with E-state index in [1.165, 1.54) is 12.1 Å². The topological polar surface area (TPSA) is 90.9 Å². The van der Waals surface area contributed by atoms with E-state index in [0.717, 1.165) is 42.9 Å². The van der Waals surface area contributed by atoms with Gasteiger partial charge >= 0.3 is 12.0 Å². The number of amides is 2. The van der Waals surface area contributed by atoms with Crippen LogP contribution in [0, 0.1) is 0 Å². The number of carboxylic acid groups (broad SMARTS) is 1. The van der Waals surface area contributed by atoms with Gasteiger partial charge in [-0.15, -0.1) is 0 Å². The van der Waals surface area contributed by atoms with Crippen LogP contribution in [0.4, 0.5) is 10.5 Å². The van der Waals surface area contributed by atoms with Gasteiger partial charge in [-0.25, -0.2) is 9.59 Å². The predicted octanol–water partition coefficient (Wildman–Crippen LogP) is 2.86. The maximum atomic E-state index is 12.2. The van der Waals surface area contributed by atoms with Crippen molar-refractivity contribution in [2.45, 2.75) is 25.4 Å². The molecule has 3 N–H and O–H groups in total. The Hall–Kier alpha value is -3.22. The molecule has 28 heavy (non-hydrogen) atoms. The second-order valence-corrected chi connectivity index (χ2v) is 6.76. The van der Waals surface area contributed by atoms with Gasteiger partial charge < -0.3 is 25.4 Å².